The number of piperazine rings is 1. The summed E-state index contributed by atoms with van der Waals surface area (Å²) in [5, 5.41) is 2.50. The molecule has 150 valence electrons. The third-order valence-corrected chi connectivity index (χ3v) is 6.48. The number of hydrogen-bond donors (Lipinski definition) is 1. The molecular weight excluding hydrogens is 370 g/mol. The molecule has 1 aromatic carbocycles. The van der Waals surface area contributed by atoms with Gasteiger partial charge >= 0.3 is 6.09 Å². The molecule has 0 saturated carbocycles. The number of benzene rings is 1. The Bertz CT molecular complexity index is 786. The first kappa shape index (κ1) is 21.2. The van der Waals surface area contributed by atoms with Gasteiger partial charge in [-0.2, -0.15) is 4.31 Å². The molecule has 0 radical (unpaired) electrons. The Morgan fingerprint density at radius 1 is 1.15 bits per heavy atom. The van der Waals surface area contributed by atoms with Gasteiger partial charge in [-0.25, -0.2) is 13.2 Å². The lowest BCUT2D eigenvalue weighted by Gasteiger charge is -2.34. The van der Waals surface area contributed by atoms with Gasteiger partial charge in [-0.3, -0.25) is 4.79 Å². The van der Waals surface area contributed by atoms with Crippen LogP contribution in [-0.4, -0.2) is 69.0 Å². The van der Waals surface area contributed by atoms with E-state index in [1.165, 1.54) is 4.31 Å². The highest BCUT2D eigenvalue weighted by Gasteiger charge is 2.30. The van der Waals surface area contributed by atoms with Crippen molar-refractivity contribution >= 4 is 22.0 Å². The van der Waals surface area contributed by atoms with Gasteiger partial charge in [-0.1, -0.05) is 12.1 Å². The van der Waals surface area contributed by atoms with Crippen molar-refractivity contribution in [2.24, 2.45) is 0 Å². The second-order valence-electron chi connectivity index (χ2n) is 6.45. The molecular formula is C18H27N3O5S. The van der Waals surface area contributed by atoms with Crippen LogP contribution in [0.2, 0.25) is 0 Å². The first-order valence-electron chi connectivity index (χ1n) is 9.01. The summed E-state index contributed by atoms with van der Waals surface area (Å²) in [5.74, 6) is -0.115. The minimum atomic E-state index is -3.58. The molecule has 2 rings (SSSR count). The number of nitrogens with zero attached hydrogens (tertiary/aromatic N) is 2. The van der Waals surface area contributed by atoms with E-state index in [9.17, 15) is 18.0 Å². The van der Waals surface area contributed by atoms with Gasteiger partial charge in [0.2, 0.25) is 15.9 Å². The number of carbonyl (C=O) groups is 2. The SMILES string of the molecule is CCOC(=O)NCCC(=O)N1CCN(S(=O)(=O)c2cc(C)ccc2C)CC1. The van der Waals surface area contributed by atoms with Gasteiger partial charge in [0, 0.05) is 39.1 Å². The maximum atomic E-state index is 12.9. The highest BCUT2D eigenvalue weighted by atomic mass is 32.2. The molecule has 9 heteroatoms. The molecule has 0 atom stereocenters. The third kappa shape index (κ3) is 5.43. The smallest absolute Gasteiger partial charge is 0.407 e. The molecule has 27 heavy (non-hydrogen) atoms. The van der Waals surface area contributed by atoms with Gasteiger partial charge in [-0.05, 0) is 38.0 Å². The Hall–Kier alpha value is -2.13. The minimum Gasteiger partial charge on any atom is -0.450 e. The van der Waals surface area contributed by atoms with Crippen molar-refractivity contribution in [3.05, 3.63) is 29.3 Å². The highest BCUT2D eigenvalue weighted by Crippen LogP contribution is 2.22. The first-order chi connectivity index (χ1) is 12.8. The van der Waals surface area contributed by atoms with E-state index < -0.39 is 16.1 Å². The molecule has 2 amide bonds. The lowest BCUT2D eigenvalue weighted by molar-refractivity contribution is -0.132. The van der Waals surface area contributed by atoms with Crippen LogP contribution in [0.4, 0.5) is 4.79 Å². The molecule has 0 aromatic heterocycles. The molecule has 1 N–H and O–H groups in total. The average Bonchev–Trinajstić information content (AvgIpc) is 2.64. The van der Waals surface area contributed by atoms with Gasteiger partial charge < -0.3 is 15.0 Å². The number of carbonyl (C=O) groups excluding carboxylic acids is 2. The van der Waals surface area contributed by atoms with Crippen molar-refractivity contribution < 1.29 is 22.7 Å². The van der Waals surface area contributed by atoms with E-state index in [1.54, 1.807) is 30.9 Å². The summed E-state index contributed by atoms with van der Waals surface area (Å²) in [5.41, 5.74) is 1.60. The average molecular weight is 397 g/mol. The van der Waals surface area contributed by atoms with Gasteiger partial charge in [-0.15, -0.1) is 0 Å². The molecule has 1 aromatic rings. The maximum absolute atomic E-state index is 12.9. The van der Waals surface area contributed by atoms with E-state index >= 15 is 0 Å². The summed E-state index contributed by atoms with van der Waals surface area (Å²) in [6, 6.07) is 5.37. The molecule has 0 bridgehead atoms. The quantitative estimate of drug-likeness (QED) is 0.780. The number of amides is 2. The summed E-state index contributed by atoms with van der Waals surface area (Å²) in [6.07, 6.45) is -0.391. The number of sulfonamides is 1. The molecule has 0 aliphatic carbocycles. The summed E-state index contributed by atoms with van der Waals surface area (Å²) in [6.45, 7) is 7.00. The van der Waals surface area contributed by atoms with Crippen LogP contribution in [0.1, 0.15) is 24.5 Å². The number of rotatable bonds is 6. The second-order valence-corrected chi connectivity index (χ2v) is 8.36. The van der Waals surface area contributed by atoms with Gasteiger partial charge in [0.25, 0.3) is 0 Å². The fourth-order valence-corrected chi connectivity index (χ4v) is 4.65. The normalized spacial score (nSPS) is 15.4. The zero-order valence-corrected chi connectivity index (χ0v) is 16.8. The molecule has 1 aliphatic heterocycles. The van der Waals surface area contributed by atoms with Gasteiger partial charge in [0.05, 0.1) is 11.5 Å². The van der Waals surface area contributed by atoms with E-state index in [-0.39, 0.29) is 38.6 Å². The second kappa shape index (κ2) is 9.18. The van der Waals surface area contributed by atoms with E-state index in [4.69, 9.17) is 4.74 Å². The number of hydrogen-bond acceptors (Lipinski definition) is 5. The summed E-state index contributed by atoms with van der Waals surface area (Å²) < 4.78 is 32.0. The van der Waals surface area contributed by atoms with Crippen molar-refractivity contribution in [2.75, 3.05) is 39.3 Å². The van der Waals surface area contributed by atoms with Crippen LogP contribution in [0.3, 0.4) is 0 Å². The van der Waals surface area contributed by atoms with Crippen LogP contribution in [0.25, 0.3) is 0 Å². The number of alkyl carbamates (subject to hydrolysis) is 1. The summed E-state index contributed by atoms with van der Waals surface area (Å²) in [7, 11) is -3.58. The summed E-state index contributed by atoms with van der Waals surface area (Å²) in [4.78, 5) is 25.4. The zero-order valence-electron chi connectivity index (χ0n) is 16.0. The molecule has 1 aliphatic rings. The maximum Gasteiger partial charge on any atom is 0.407 e. The van der Waals surface area contributed by atoms with E-state index in [1.807, 2.05) is 13.0 Å². The van der Waals surface area contributed by atoms with Crippen molar-refractivity contribution in [1.82, 2.24) is 14.5 Å². The molecule has 1 saturated heterocycles. The van der Waals surface area contributed by atoms with Crippen LogP contribution >= 0.6 is 0 Å². The predicted molar refractivity (Wildman–Crippen MR) is 101 cm³/mol. The van der Waals surface area contributed by atoms with Crippen LogP contribution in [0, 0.1) is 13.8 Å². The zero-order chi connectivity index (χ0) is 20.0. The Kier molecular flexibility index (Phi) is 7.20. The van der Waals surface area contributed by atoms with Crippen molar-refractivity contribution in [3.63, 3.8) is 0 Å². The lowest BCUT2D eigenvalue weighted by atomic mass is 10.2. The molecule has 1 heterocycles. The number of ether oxygens (including phenoxy) is 1. The standard InChI is InChI=1S/C18H27N3O5S/c1-4-26-18(23)19-8-7-17(22)20-9-11-21(12-10-20)27(24,25)16-13-14(2)5-6-15(16)3/h5-6,13H,4,7-12H2,1-3H3,(H,19,23). The number of aryl methyl sites for hydroxylation is 2. The Morgan fingerprint density at radius 3 is 2.44 bits per heavy atom. The van der Waals surface area contributed by atoms with Crippen LogP contribution < -0.4 is 5.32 Å². The number of nitrogens with one attached hydrogen (secondary N) is 1. The largest absolute Gasteiger partial charge is 0.450 e. The monoisotopic (exact) mass is 397 g/mol. The van der Waals surface area contributed by atoms with E-state index in [0.29, 0.717) is 23.5 Å². The first-order valence-corrected chi connectivity index (χ1v) is 10.5. The summed E-state index contributed by atoms with van der Waals surface area (Å²) >= 11 is 0. The fourth-order valence-electron chi connectivity index (χ4n) is 2.91. The lowest BCUT2D eigenvalue weighted by Crippen LogP contribution is -2.51. The molecule has 1 fully saturated rings. The third-order valence-electron chi connectivity index (χ3n) is 4.44. The molecule has 0 spiro atoms. The Morgan fingerprint density at radius 2 is 1.81 bits per heavy atom. The minimum absolute atomic E-state index is 0.115. The highest BCUT2D eigenvalue weighted by molar-refractivity contribution is 7.89. The topological polar surface area (TPSA) is 96.0 Å². The van der Waals surface area contributed by atoms with E-state index in [0.717, 1.165) is 5.56 Å². The van der Waals surface area contributed by atoms with Crippen LogP contribution in [0.5, 0.6) is 0 Å². The van der Waals surface area contributed by atoms with E-state index in [2.05, 4.69) is 5.32 Å². The van der Waals surface area contributed by atoms with Crippen molar-refractivity contribution in [3.8, 4) is 0 Å². The molecule has 8 nitrogen and oxygen atoms in total. The molecule has 0 unspecified atom stereocenters. The fraction of sp³-hybridized carbons (Fsp3) is 0.556. The van der Waals surface area contributed by atoms with Crippen LogP contribution in [0.15, 0.2) is 23.1 Å². The Labute approximate surface area is 160 Å². The predicted octanol–water partition coefficient (Wildman–Crippen LogP) is 1.27. The van der Waals surface area contributed by atoms with Gasteiger partial charge in [0.1, 0.15) is 0 Å². The van der Waals surface area contributed by atoms with Crippen molar-refractivity contribution in [1.29, 1.82) is 0 Å². The van der Waals surface area contributed by atoms with Crippen molar-refractivity contribution in [2.45, 2.75) is 32.1 Å². The van der Waals surface area contributed by atoms with Crippen LogP contribution in [-0.2, 0) is 19.6 Å². The Balaban J connectivity index is 1.90. The van der Waals surface area contributed by atoms with Gasteiger partial charge in [0.15, 0.2) is 0 Å².